The van der Waals surface area contributed by atoms with Gasteiger partial charge in [-0.25, -0.2) is 0 Å². The molecule has 2 aliphatic rings. The van der Waals surface area contributed by atoms with Crippen LogP contribution in [0.3, 0.4) is 0 Å². The largest absolute Gasteiger partial charge is 0.416 e. The van der Waals surface area contributed by atoms with Gasteiger partial charge in [-0.2, -0.15) is 18.4 Å². The summed E-state index contributed by atoms with van der Waals surface area (Å²) in [6.07, 6.45) is -2.33. The van der Waals surface area contributed by atoms with Crippen LogP contribution in [0.4, 0.5) is 13.2 Å². The number of ether oxygens (including phenoxy) is 1. The molecule has 1 N–H and O–H groups in total. The molecule has 2 unspecified atom stereocenters. The van der Waals surface area contributed by atoms with Crippen LogP contribution >= 0.6 is 0 Å². The van der Waals surface area contributed by atoms with E-state index in [-0.39, 0.29) is 23.3 Å². The quantitative estimate of drug-likeness (QED) is 0.866. The number of hydrogen-bond donors (Lipinski definition) is 1. The van der Waals surface area contributed by atoms with Crippen LogP contribution < -0.4 is 0 Å². The maximum atomic E-state index is 12.7. The van der Waals surface area contributed by atoms with E-state index in [0.29, 0.717) is 12.8 Å². The third-order valence-electron chi connectivity index (χ3n) is 4.29. The van der Waals surface area contributed by atoms with Crippen LogP contribution in [0, 0.1) is 11.3 Å². The molecule has 0 aliphatic carbocycles. The first kappa shape index (κ1) is 14.4. The Kier molecular flexibility index (Phi) is 3.23. The fraction of sp³-hybridized carbons (Fsp3) is 0.533. The SMILES string of the molecule is N#Cc1cc(C(F)(F)F)ccc1C1(O)CC2CCC(C1)O2. The average molecular weight is 297 g/mol. The van der Waals surface area contributed by atoms with E-state index in [2.05, 4.69) is 0 Å². The van der Waals surface area contributed by atoms with Crippen LogP contribution in [0.25, 0.3) is 0 Å². The lowest BCUT2D eigenvalue weighted by Crippen LogP contribution is -2.39. The van der Waals surface area contributed by atoms with Gasteiger partial charge in [0.15, 0.2) is 0 Å². The topological polar surface area (TPSA) is 53.2 Å². The van der Waals surface area contributed by atoms with Crippen LogP contribution in [0.5, 0.6) is 0 Å². The molecule has 1 aromatic rings. The third kappa shape index (κ3) is 2.52. The van der Waals surface area contributed by atoms with Crippen molar-refractivity contribution in [3.63, 3.8) is 0 Å². The zero-order chi connectivity index (χ0) is 15.3. The molecule has 3 nitrogen and oxygen atoms in total. The second-order valence-corrected chi connectivity index (χ2v) is 5.77. The lowest BCUT2D eigenvalue weighted by Gasteiger charge is -2.37. The first-order valence-electron chi connectivity index (χ1n) is 6.81. The van der Waals surface area contributed by atoms with Crippen LogP contribution in [0.15, 0.2) is 18.2 Å². The maximum absolute atomic E-state index is 12.7. The van der Waals surface area contributed by atoms with E-state index in [9.17, 15) is 18.3 Å². The molecular weight excluding hydrogens is 283 g/mol. The summed E-state index contributed by atoms with van der Waals surface area (Å²) in [6.45, 7) is 0. The van der Waals surface area contributed by atoms with Gasteiger partial charge in [-0.3, -0.25) is 0 Å². The smallest absolute Gasteiger partial charge is 0.385 e. The molecule has 0 saturated carbocycles. The molecule has 3 rings (SSSR count). The second kappa shape index (κ2) is 4.72. The Morgan fingerprint density at radius 1 is 1.24 bits per heavy atom. The minimum absolute atomic E-state index is 0.0809. The van der Waals surface area contributed by atoms with Crippen molar-refractivity contribution in [1.29, 1.82) is 5.26 Å². The Morgan fingerprint density at radius 2 is 1.86 bits per heavy atom. The molecule has 0 amide bonds. The maximum Gasteiger partial charge on any atom is 0.416 e. The molecule has 2 bridgehead atoms. The predicted octanol–water partition coefficient (Wildman–Crippen LogP) is 3.11. The van der Waals surface area contributed by atoms with E-state index in [1.807, 2.05) is 0 Å². The molecule has 2 fully saturated rings. The van der Waals surface area contributed by atoms with Gasteiger partial charge in [0.05, 0.1) is 35.0 Å². The Bertz CT molecular complexity index is 594. The molecule has 0 spiro atoms. The number of fused-ring (bicyclic) bond motifs is 2. The summed E-state index contributed by atoms with van der Waals surface area (Å²) in [5, 5.41) is 20.0. The lowest BCUT2D eigenvalue weighted by atomic mass is 9.81. The third-order valence-corrected chi connectivity index (χ3v) is 4.29. The molecule has 0 radical (unpaired) electrons. The number of halogens is 3. The number of alkyl halides is 3. The Morgan fingerprint density at radius 3 is 2.38 bits per heavy atom. The molecule has 2 heterocycles. The number of benzene rings is 1. The Labute approximate surface area is 120 Å². The number of nitriles is 1. The van der Waals surface area contributed by atoms with Gasteiger partial charge in [-0.15, -0.1) is 0 Å². The number of nitrogens with zero attached hydrogens (tertiary/aromatic N) is 1. The van der Waals surface area contributed by atoms with E-state index >= 15 is 0 Å². The van der Waals surface area contributed by atoms with Crippen molar-refractivity contribution in [1.82, 2.24) is 0 Å². The molecule has 1 aromatic carbocycles. The predicted molar refractivity (Wildman–Crippen MR) is 67.2 cm³/mol. The highest BCUT2D eigenvalue weighted by molar-refractivity contribution is 5.45. The monoisotopic (exact) mass is 297 g/mol. The van der Waals surface area contributed by atoms with Crippen molar-refractivity contribution in [3.8, 4) is 6.07 Å². The molecule has 2 saturated heterocycles. The zero-order valence-corrected chi connectivity index (χ0v) is 11.2. The van der Waals surface area contributed by atoms with Crippen molar-refractivity contribution in [2.75, 3.05) is 0 Å². The summed E-state index contributed by atoms with van der Waals surface area (Å²) < 4.78 is 43.8. The number of rotatable bonds is 1. The summed E-state index contributed by atoms with van der Waals surface area (Å²) in [7, 11) is 0. The van der Waals surface area contributed by atoms with E-state index < -0.39 is 17.3 Å². The summed E-state index contributed by atoms with van der Waals surface area (Å²) in [5.74, 6) is 0. The standard InChI is InChI=1S/C15H14F3NO2/c16-15(17,18)10-1-4-13(9(5-10)8-19)14(20)6-11-2-3-12(7-14)21-11/h1,4-5,11-12,20H,2-3,6-7H2. The number of aliphatic hydroxyl groups is 1. The minimum atomic E-state index is -4.50. The molecule has 21 heavy (non-hydrogen) atoms. The van der Waals surface area contributed by atoms with Gasteiger partial charge in [0.1, 0.15) is 0 Å². The van der Waals surface area contributed by atoms with Gasteiger partial charge >= 0.3 is 6.18 Å². The fourth-order valence-corrected chi connectivity index (χ4v) is 3.36. The van der Waals surface area contributed by atoms with E-state index in [1.54, 1.807) is 6.07 Å². The van der Waals surface area contributed by atoms with Crippen LogP contribution in [0.1, 0.15) is 42.4 Å². The summed E-state index contributed by atoms with van der Waals surface area (Å²) in [6, 6.07) is 4.74. The normalized spacial score (nSPS) is 32.0. The van der Waals surface area contributed by atoms with E-state index in [1.165, 1.54) is 6.07 Å². The molecule has 0 aromatic heterocycles. The van der Waals surface area contributed by atoms with E-state index in [0.717, 1.165) is 25.0 Å². The highest BCUT2D eigenvalue weighted by Gasteiger charge is 2.46. The van der Waals surface area contributed by atoms with Crippen molar-refractivity contribution in [2.45, 2.75) is 49.7 Å². The molecule has 2 aliphatic heterocycles. The molecule has 2 atom stereocenters. The van der Waals surface area contributed by atoms with Gasteiger partial charge < -0.3 is 9.84 Å². The second-order valence-electron chi connectivity index (χ2n) is 5.77. The zero-order valence-electron chi connectivity index (χ0n) is 11.2. The highest BCUT2D eigenvalue weighted by atomic mass is 19.4. The molecule has 112 valence electrons. The highest BCUT2D eigenvalue weighted by Crippen LogP contribution is 2.45. The van der Waals surface area contributed by atoms with E-state index in [4.69, 9.17) is 10.00 Å². The summed E-state index contributed by atoms with van der Waals surface area (Å²) in [5.41, 5.74) is -1.99. The lowest BCUT2D eigenvalue weighted by molar-refractivity contribution is -0.138. The average Bonchev–Trinajstić information content (AvgIpc) is 2.76. The fourth-order valence-electron chi connectivity index (χ4n) is 3.36. The van der Waals surface area contributed by atoms with Crippen LogP contribution in [-0.2, 0) is 16.5 Å². The first-order chi connectivity index (χ1) is 9.82. The van der Waals surface area contributed by atoms with Crippen LogP contribution in [-0.4, -0.2) is 17.3 Å². The van der Waals surface area contributed by atoms with Gasteiger partial charge in [0, 0.05) is 18.4 Å². The van der Waals surface area contributed by atoms with Gasteiger partial charge in [0.25, 0.3) is 0 Å². The Balaban J connectivity index is 2.01. The minimum Gasteiger partial charge on any atom is -0.385 e. The van der Waals surface area contributed by atoms with Crippen molar-refractivity contribution in [3.05, 3.63) is 34.9 Å². The number of hydrogen-bond acceptors (Lipinski definition) is 3. The van der Waals surface area contributed by atoms with Crippen LogP contribution in [0.2, 0.25) is 0 Å². The molecular formula is C15H14F3NO2. The van der Waals surface area contributed by atoms with Crippen molar-refractivity contribution >= 4 is 0 Å². The van der Waals surface area contributed by atoms with Crippen molar-refractivity contribution in [2.24, 2.45) is 0 Å². The van der Waals surface area contributed by atoms with Gasteiger partial charge in [-0.1, -0.05) is 6.07 Å². The first-order valence-corrected chi connectivity index (χ1v) is 6.81. The summed E-state index contributed by atoms with van der Waals surface area (Å²) >= 11 is 0. The van der Waals surface area contributed by atoms with Gasteiger partial charge in [0.2, 0.25) is 0 Å². The van der Waals surface area contributed by atoms with Gasteiger partial charge in [-0.05, 0) is 25.0 Å². The molecule has 6 heteroatoms. The Hall–Kier alpha value is -1.58. The van der Waals surface area contributed by atoms with Crippen molar-refractivity contribution < 1.29 is 23.0 Å². The summed E-state index contributed by atoms with van der Waals surface area (Å²) in [4.78, 5) is 0.